The molecule has 1 saturated heterocycles. The van der Waals surface area contributed by atoms with Gasteiger partial charge in [0.2, 0.25) is 11.8 Å². The van der Waals surface area contributed by atoms with Crippen molar-refractivity contribution < 1.29 is 19.5 Å². The molecular formula is C24H31N5O4. The molecule has 0 saturated carbocycles. The van der Waals surface area contributed by atoms with Gasteiger partial charge >= 0.3 is 5.97 Å². The summed E-state index contributed by atoms with van der Waals surface area (Å²) in [7, 11) is 0. The molecule has 0 spiro atoms. The molecule has 2 heterocycles. The Bertz CT molecular complexity index is 938. The minimum Gasteiger partial charge on any atom is -0.480 e. The van der Waals surface area contributed by atoms with Crippen molar-refractivity contribution >= 4 is 23.6 Å². The Labute approximate surface area is 193 Å². The summed E-state index contributed by atoms with van der Waals surface area (Å²) < 4.78 is 0. The van der Waals surface area contributed by atoms with Crippen molar-refractivity contribution in [3.05, 3.63) is 54.5 Å². The SMILES string of the molecule is CC(C)CC(Nc1cnccn1)C(=O)NC(Cc1ccccc1)C(=O)N1CCC[C@H]1C(=O)O. The summed E-state index contributed by atoms with van der Waals surface area (Å²) in [6.07, 6.45) is 6.45. The van der Waals surface area contributed by atoms with Crippen LogP contribution >= 0.6 is 0 Å². The molecule has 3 atom stereocenters. The van der Waals surface area contributed by atoms with Crippen LogP contribution in [0.3, 0.4) is 0 Å². The van der Waals surface area contributed by atoms with E-state index in [2.05, 4.69) is 20.6 Å². The maximum atomic E-state index is 13.4. The normalized spacial score (nSPS) is 17.4. The van der Waals surface area contributed by atoms with Gasteiger partial charge in [0.05, 0.1) is 6.20 Å². The maximum absolute atomic E-state index is 13.4. The number of carboxylic acid groups (broad SMARTS) is 1. The second-order valence-electron chi connectivity index (χ2n) is 8.70. The van der Waals surface area contributed by atoms with Gasteiger partial charge in [-0.2, -0.15) is 0 Å². The standard InChI is InChI=1S/C24H31N5O4/c1-16(2)13-18(27-21-15-25-10-11-26-21)22(30)28-19(14-17-7-4-3-5-8-17)23(31)29-12-6-9-20(29)24(32)33/h3-5,7-8,10-11,15-16,18-20H,6,9,12-14H2,1-2H3,(H,26,27)(H,28,30)(H,32,33)/t18?,19?,20-/m0/s1. The minimum atomic E-state index is -1.02. The fourth-order valence-electron chi connectivity index (χ4n) is 4.06. The molecule has 2 aromatic rings. The summed E-state index contributed by atoms with van der Waals surface area (Å²) in [6.45, 7) is 4.38. The third kappa shape index (κ3) is 6.74. The van der Waals surface area contributed by atoms with Crippen LogP contribution in [0.1, 0.15) is 38.7 Å². The number of aliphatic carboxylic acids is 1. The lowest BCUT2D eigenvalue weighted by Crippen LogP contribution is -2.55. The highest BCUT2D eigenvalue weighted by Gasteiger charge is 2.38. The number of carbonyl (C=O) groups is 3. The third-order valence-electron chi connectivity index (χ3n) is 5.63. The topological polar surface area (TPSA) is 125 Å². The number of amides is 2. The summed E-state index contributed by atoms with van der Waals surface area (Å²) in [5.74, 6) is -1.06. The molecule has 2 unspecified atom stereocenters. The van der Waals surface area contributed by atoms with Crippen LogP contribution in [-0.2, 0) is 20.8 Å². The molecule has 3 rings (SSSR count). The number of rotatable bonds is 10. The monoisotopic (exact) mass is 453 g/mol. The van der Waals surface area contributed by atoms with E-state index in [1.807, 2.05) is 44.2 Å². The average molecular weight is 454 g/mol. The molecular weight excluding hydrogens is 422 g/mol. The molecule has 1 aliphatic rings. The van der Waals surface area contributed by atoms with Gasteiger partial charge in [0.1, 0.15) is 23.9 Å². The third-order valence-corrected chi connectivity index (χ3v) is 5.63. The van der Waals surface area contributed by atoms with Gasteiger partial charge in [-0.1, -0.05) is 44.2 Å². The van der Waals surface area contributed by atoms with Crippen molar-refractivity contribution in [3.63, 3.8) is 0 Å². The summed E-state index contributed by atoms with van der Waals surface area (Å²) in [4.78, 5) is 48.0. The van der Waals surface area contributed by atoms with Crippen molar-refractivity contribution in [2.75, 3.05) is 11.9 Å². The Morgan fingerprint density at radius 1 is 1.15 bits per heavy atom. The molecule has 0 aliphatic carbocycles. The fraction of sp³-hybridized carbons (Fsp3) is 0.458. The van der Waals surface area contributed by atoms with E-state index >= 15 is 0 Å². The van der Waals surface area contributed by atoms with Crippen LogP contribution < -0.4 is 10.6 Å². The Balaban J connectivity index is 1.81. The van der Waals surface area contributed by atoms with Gasteiger partial charge in [0.15, 0.2) is 0 Å². The van der Waals surface area contributed by atoms with Crippen molar-refractivity contribution in [2.45, 2.75) is 57.7 Å². The molecule has 0 bridgehead atoms. The van der Waals surface area contributed by atoms with E-state index in [1.165, 1.54) is 17.3 Å². The van der Waals surface area contributed by atoms with Gasteiger partial charge in [-0.25, -0.2) is 9.78 Å². The highest BCUT2D eigenvalue weighted by atomic mass is 16.4. The van der Waals surface area contributed by atoms with Crippen LogP contribution in [-0.4, -0.2) is 62.4 Å². The summed E-state index contributed by atoms with van der Waals surface area (Å²) in [6, 6.07) is 7.01. The summed E-state index contributed by atoms with van der Waals surface area (Å²) >= 11 is 0. The molecule has 176 valence electrons. The van der Waals surface area contributed by atoms with Gasteiger partial charge < -0.3 is 20.6 Å². The lowest BCUT2D eigenvalue weighted by Gasteiger charge is -2.29. The molecule has 1 aromatic carbocycles. The molecule has 1 aromatic heterocycles. The second kappa shape index (κ2) is 11.4. The number of nitrogens with zero attached hydrogens (tertiary/aromatic N) is 3. The maximum Gasteiger partial charge on any atom is 0.326 e. The number of hydrogen-bond donors (Lipinski definition) is 3. The van der Waals surface area contributed by atoms with Crippen LogP contribution in [0.25, 0.3) is 0 Å². The Hall–Kier alpha value is -3.49. The quantitative estimate of drug-likeness (QED) is 0.503. The number of aromatic nitrogens is 2. The number of carbonyl (C=O) groups excluding carboxylic acids is 2. The van der Waals surface area contributed by atoms with Crippen molar-refractivity contribution in [3.8, 4) is 0 Å². The molecule has 3 N–H and O–H groups in total. The molecule has 9 heteroatoms. The lowest BCUT2D eigenvalue weighted by molar-refractivity contribution is -0.149. The molecule has 1 aliphatic heterocycles. The van der Waals surface area contributed by atoms with Gasteiger partial charge in [-0.05, 0) is 30.7 Å². The second-order valence-corrected chi connectivity index (χ2v) is 8.70. The highest BCUT2D eigenvalue weighted by molar-refractivity contribution is 5.93. The zero-order valence-corrected chi connectivity index (χ0v) is 19.0. The van der Waals surface area contributed by atoms with Crippen LogP contribution in [0.5, 0.6) is 0 Å². The average Bonchev–Trinajstić information content (AvgIpc) is 3.29. The van der Waals surface area contributed by atoms with Gasteiger partial charge in [0.25, 0.3) is 0 Å². The summed E-state index contributed by atoms with van der Waals surface area (Å²) in [5, 5.41) is 15.5. The molecule has 9 nitrogen and oxygen atoms in total. The fourth-order valence-corrected chi connectivity index (χ4v) is 4.06. The number of anilines is 1. The summed E-state index contributed by atoms with van der Waals surface area (Å²) in [5.41, 5.74) is 0.879. The molecule has 1 fully saturated rings. The number of carboxylic acids is 1. The first-order valence-electron chi connectivity index (χ1n) is 11.2. The predicted octanol–water partition coefficient (Wildman–Crippen LogP) is 2.11. The van der Waals surface area contributed by atoms with Crippen molar-refractivity contribution in [1.82, 2.24) is 20.2 Å². The number of hydrogen-bond acceptors (Lipinski definition) is 6. The molecule has 33 heavy (non-hydrogen) atoms. The number of nitrogens with one attached hydrogen (secondary N) is 2. The van der Waals surface area contributed by atoms with Crippen LogP contribution in [0, 0.1) is 5.92 Å². The van der Waals surface area contributed by atoms with E-state index in [-0.39, 0.29) is 24.2 Å². The van der Waals surface area contributed by atoms with E-state index in [4.69, 9.17) is 0 Å². The van der Waals surface area contributed by atoms with Crippen LogP contribution in [0.4, 0.5) is 5.82 Å². The van der Waals surface area contributed by atoms with Gasteiger partial charge in [0, 0.05) is 25.4 Å². The predicted molar refractivity (Wildman–Crippen MR) is 123 cm³/mol. The zero-order chi connectivity index (χ0) is 23.8. The Morgan fingerprint density at radius 3 is 2.55 bits per heavy atom. The largest absolute Gasteiger partial charge is 0.480 e. The van der Waals surface area contributed by atoms with Crippen LogP contribution in [0.15, 0.2) is 48.9 Å². The van der Waals surface area contributed by atoms with E-state index in [9.17, 15) is 19.5 Å². The first kappa shape index (κ1) is 24.2. The van der Waals surface area contributed by atoms with E-state index in [0.29, 0.717) is 31.6 Å². The van der Waals surface area contributed by atoms with E-state index < -0.39 is 24.1 Å². The zero-order valence-electron chi connectivity index (χ0n) is 19.0. The Kier molecular flexibility index (Phi) is 8.34. The Morgan fingerprint density at radius 2 is 1.91 bits per heavy atom. The molecule has 2 amide bonds. The van der Waals surface area contributed by atoms with Gasteiger partial charge in [-0.3, -0.25) is 14.6 Å². The number of benzene rings is 1. The van der Waals surface area contributed by atoms with Crippen molar-refractivity contribution in [1.29, 1.82) is 0 Å². The number of likely N-dealkylation sites (tertiary alicyclic amines) is 1. The minimum absolute atomic E-state index is 0.211. The van der Waals surface area contributed by atoms with Crippen molar-refractivity contribution in [2.24, 2.45) is 5.92 Å². The van der Waals surface area contributed by atoms with Gasteiger partial charge in [-0.15, -0.1) is 0 Å². The van der Waals surface area contributed by atoms with E-state index in [1.54, 1.807) is 6.20 Å². The highest BCUT2D eigenvalue weighted by Crippen LogP contribution is 2.20. The first-order valence-corrected chi connectivity index (χ1v) is 11.2. The lowest BCUT2D eigenvalue weighted by atomic mass is 10.0. The first-order chi connectivity index (χ1) is 15.8. The van der Waals surface area contributed by atoms with E-state index in [0.717, 1.165) is 5.56 Å². The smallest absolute Gasteiger partial charge is 0.326 e. The van der Waals surface area contributed by atoms with Crippen LogP contribution in [0.2, 0.25) is 0 Å². The molecule has 0 radical (unpaired) electrons.